The van der Waals surface area contributed by atoms with Crippen LogP contribution >= 0.6 is 0 Å². The van der Waals surface area contributed by atoms with E-state index in [1.54, 1.807) is 0 Å². The van der Waals surface area contributed by atoms with Crippen LogP contribution in [0.2, 0.25) is 0 Å². The standard InChI is InChI=1S/C15H31N3/c1-4-8-17(3)10-14-5-9-18(11-14)13-15(2)6-7-16-12-15/h14,16H,4-13H2,1-3H3. The maximum atomic E-state index is 3.51. The lowest BCUT2D eigenvalue weighted by molar-refractivity contribution is 0.196. The number of nitrogens with one attached hydrogen (secondary N) is 1. The minimum absolute atomic E-state index is 0.532. The van der Waals surface area contributed by atoms with Crippen LogP contribution in [0.1, 0.15) is 33.1 Å². The van der Waals surface area contributed by atoms with Gasteiger partial charge in [-0.15, -0.1) is 0 Å². The Morgan fingerprint density at radius 3 is 2.94 bits per heavy atom. The quantitative estimate of drug-likeness (QED) is 0.776. The molecule has 0 aliphatic carbocycles. The predicted molar refractivity (Wildman–Crippen MR) is 77.9 cm³/mol. The van der Waals surface area contributed by atoms with Crippen molar-refractivity contribution < 1.29 is 0 Å². The average Bonchev–Trinajstić information content (AvgIpc) is 2.89. The van der Waals surface area contributed by atoms with E-state index in [1.807, 2.05) is 0 Å². The molecule has 2 atom stereocenters. The first-order valence-electron chi connectivity index (χ1n) is 7.73. The molecule has 0 radical (unpaired) electrons. The molecule has 106 valence electrons. The molecule has 0 aromatic rings. The first-order chi connectivity index (χ1) is 8.61. The van der Waals surface area contributed by atoms with Crippen LogP contribution in [0, 0.1) is 11.3 Å². The molecular formula is C15H31N3. The van der Waals surface area contributed by atoms with E-state index in [9.17, 15) is 0 Å². The fraction of sp³-hybridized carbons (Fsp3) is 1.00. The van der Waals surface area contributed by atoms with Crippen molar-refractivity contribution in [3.8, 4) is 0 Å². The minimum Gasteiger partial charge on any atom is -0.316 e. The normalized spacial score (nSPS) is 33.7. The third-order valence-corrected chi connectivity index (χ3v) is 4.61. The largest absolute Gasteiger partial charge is 0.316 e. The number of rotatable bonds is 6. The van der Waals surface area contributed by atoms with Gasteiger partial charge >= 0.3 is 0 Å². The molecule has 3 heteroatoms. The van der Waals surface area contributed by atoms with Gasteiger partial charge in [-0.05, 0) is 57.3 Å². The van der Waals surface area contributed by atoms with Crippen LogP contribution in [0.3, 0.4) is 0 Å². The van der Waals surface area contributed by atoms with Crippen molar-refractivity contribution >= 4 is 0 Å². The van der Waals surface area contributed by atoms with E-state index < -0.39 is 0 Å². The van der Waals surface area contributed by atoms with Gasteiger partial charge in [0.05, 0.1) is 0 Å². The monoisotopic (exact) mass is 253 g/mol. The number of hydrogen-bond donors (Lipinski definition) is 1. The summed E-state index contributed by atoms with van der Waals surface area (Å²) in [7, 11) is 2.27. The fourth-order valence-electron chi connectivity index (χ4n) is 3.66. The zero-order valence-electron chi connectivity index (χ0n) is 12.5. The third-order valence-electron chi connectivity index (χ3n) is 4.61. The molecule has 0 saturated carbocycles. The van der Waals surface area contributed by atoms with Gasteiger partial charge in [-0.25, -0.2) is 0 Å². The van der Waals surface area contributed by atoms with Crippen LogP contribution in [0.25, 0.3) is 0 Å². The molecular weight excluding hydrogens is 222 g/mol. The fourth-order valence-corrected chi connectivity index (χ4v) is 3.66. The second-order valence-electron chi connectivity index (χ2n) is 6.89. The van der Waals surface area contributed by atoms with Crippen molar-refractivity contribution in [2.24, 2.45) is 11.3 Å². The van der Waals surface area contributed by atoms with Gasteiger partial charge in [-0.1, -0.05) is 13.8 Å². The third kappa shape index (κ3) is 3.94. The molecule has 0 spiro atoms. The minimum atomic E-state index is 0.532. The Morgan fingerprint density at radius 2 is 2.28 bits per heavy atom. The molecule has 2 rings (SSSR count). The van der Waals surface area contributed by atoms with Gasteiger partial charge in [0, 0.05) is 26.2 Å². The summed E-state index contributed by atoms with van der Waals surface area (Å²) in [5.41, 5.74) is 0.532. The molecule has 2 aliphatic heterocycles. The van der Waals surface area contributed by atoms with Crippen LogP contribution in [-0.2, 0) is 0 Å². The van der Waals surface area contributed by atoms with Crippen molar-refractivity contribution in [2.45, 2.75) is 33.1 Å². The molecule has 3 nitrogen and oxygen atoms in total. The van der Waals surface area contributed by atoms with Gasteiger partial charge in [-0.3, -0.25) is 0 Å². The highest BCUT2D eigenvalue weighted by atomic mass is 15.2. The summed E-state index contributed by atoms with van der Waals surface area (Å²) in [5, 5.41) is 3.51. The Balaban J connectivity index is 1.71. The Labute approximate surface area is 113 Å². The van der Waals surface area contributed by atoms with E-state index in [0.717, 1.165) is 5.92 Å². The predicted octanol–water partition coefficient (Wildman–Crippen LogP) is 1.65. The highest BCUT2D eigenvalue weighted by molar-refractivity contribution is 4.89. The summed E-state index contributed by atoms with van der Waals surface area (Å²) >= 11 is 0. The van der Waals surface area contributed by atoms with Crippen molar-refractivity contribution in [3.05, 3.63) is 0 Å². The maximum Gasteiger partial charge on any atom is 0.00481 e. The molecule has 2 saturated heterocycles. The van der Waals surface area contributed by atoms with Gasteiger partial charge < -0.3 is 15.1 Å². The Kier molecular flexibility index (Phi) is 5.05. The molecule has 2 unspecified atom stereocenters. The van der Waals surface area contributed by atoms with Gasteiger partial charge in [0.2, 0.25) is 0 Å². The Hall–Kier alpha value is -0.120. The summed E-state index contributed by atoms with van der Waals surface area (Å²) in [6, 6.07) is 0. The molecule has 2 fully saturated rings. The first kappa shape index (κ1) is 14.3. The molecule has 2 heterocycles. The molecule has 0 amide bonds. The second kappa shape index (κ2) is 6.36. The zero-order chi connectivity index (χ0) is 13.0. The maximum absolute atomic E-state index is 3.51. The van der Waals surface area contributed by atoms with E-state index in [0.29, 0.717) is 5.41 Å². The van der Waals surface area contributed by atoms with E-state index in [1.165, 1.54) is 65.1 Å². The lowest BCUT2D eigenvalue weighted by atomic mass is 9.89. The summed E-state index contributed by atoms with van der Waals surface area (Å²) in [6.45, 7) is 13.6. The molecule has 2 aliphatic rings. The highest BCUT2D eigenvalue weighted by Gasteiger charge is 2.33. The van der Waals surface area contributed by atoms with Crippen molar-refractivity contribution in [2.75, 3.05) is 52.9 Å². The number of likely N-dealkylation sites (tertiary alicyclic amines) is 1. The van der Waals surface area contributed by atoms with Crippen LogP contribution in [0.15, 0.2) is 0 Å². The first-order valence-corrected chi connectivity index (χ1v) is 7.73. The summed E-state index contributed by atoms with van der Waals surface area (Å²) in [6.07, 6.45) is 4.03. The summed E-state index contributed by atoms with van der Waals surface area (Å²) in [4.78, 5) is 5.21. The van der Waals surface area contributed by atoms with Gasteiger partial charge in [-0.2, -0.15) is 0 Å². The Bertz CT molecular complexity index is 248. The number of hydrogen-bond acceptors (Lipinski definition) is 3. The zero-order valence-corrected chi connectivity index (χ0v) is 12.5. The molecule has 0 aromatic heterocycles. The van der Waals surface area contributed by atoms with Crippen LogP contribution < -0.4 is 5.32 Å². The molecule has 0 aromatic carbocycles. The van der Waals surface area contributed by atoms with Gasteiger partial charge in [0.1, 0.15) is 0 Å². The molecule has 1 N–H and O–H groups in total. The molecule has 18 heavy (non-hydrogen) atoms. The average molecular weight is 253 g/mol. The molecule has 0 bridgehead atoms. The van der Waals surface area contributed by atoms with E-state index in [-0.39, 0.29) is 0 Å². The van der Waals surface area contributed by atoms with E-state index in [2.05, 4.69) is 36.0 Å². The van der Waals surface area contributed by atoms with E-state index >= 15 is 0 Å². The van der Waals surface area contributed by atoms with Crippen LogP contribution in [0.5, 0.6) is 0 Å². The number of nitrogens with zero attached hydrogens (tertiary/aromatic N) is 2. The van der Waals surface area contributed by atoms with Crippen LogP contribution in [0.4, 0.5) is 0 Å². The highest BCUT2D eigenvalue weighted by Crippen LogP contribution is 2.28. The van der Waals surface area contributed by atoms with E-state index in [4.69, 9.17) is 0 Å². The SMILES string of the molecule is CCCN(C)CC1CCN(CC2(C)CCNC2)C1. The van der Waals surface area contributed by atoms with Gasteiger partial charge in [0.15, 0.2) is 0 Å². The lowest BCUT2D eigenvalue weighted by Gasteiger charge is -2.29. The summed E-state index contributed by atoms with van der Waals surface area (Å²) < 4.78 is 0. The van der Waals surface area contributed by atoms with Crippen molar-refractivity contribution in [1.29, 1.82) is 0 Å². The Morgan fingerprint density at radius 1 is 1.44 bits per heavy atom. The van der Waals surface area contributed by atoms with Crippen molar-refractivity contribution in [1.82, 2.24) is 15.1 Å². The van der Waals surface area contributed by atoms with Gasteiger partial charge in [0.25, 0.3) is 0 Å². The topological polar surface area (TPSA) is 18.5 Å². The lowest BCUT2D eigenvalue weighted by Crippen LogP contribution is -2.37. The van der Waals surface area contributed by atoms with Crippen molar-refractivity contribution in [3.63, 3.8) is 0 Å². The second-order valence-corrected chi connectivity index (χ2v) is 6.89. The summed E-state index contributed by atoms with van der Waals surface area (Å²) in [5.74, 6) is 0.902. The smallest absolute Gasteiger partial charge is 0.00481 e. The van der Waals surface area contributed by atoms with Crippen LogP contribution in [-0.4, -0.2) is 62.7 Å².